The van der Waals surface area contributed by atoms with Crippen molar-refractivity contribution in [3.8, 4) is 5.75 Å². The number of amides is 3. The van der Waals surface area contributed by atoms with Crippen LogP contribution < -0.4 is 30.5 Å². The van der Waals surface area contributed by atoms with E-state index in [1.165, 1.54) is 0 Å². The van der Waals surface area contributed by atoms with E-state index in [4.69, 9.17) is 9.47 Å². The first kappa shape index (κ1) is 28.3. The average Bonchev–Trinajstić information content (AvgIpc) is 2.96. The number of hydrogen-bond donors (Lipinski definition) is 3. The van der Waals surface area contributed by atoms with Gasteiger partial charge in [-0.05, 0) is 64.8 Å². The summed E-state index contributed by atoms with van der Waals surface area (Å²) in [5, 5.41) is 8.66. The van der Waals surface area contributed by atoms with Crippen LogP contribution in [0.2, 0.25) is 0 Å². The van der Waals surface area contributed by atoms with Gasteiger partial charge in [-0.25, -0.2) is 4.79 Å². The normalized spacial score (nSPS) is 13.1. The topological polar surface area (TPSA) is 95.2 Å². The Balaban J connectivity index is 1.50. The molecule has 3 aromatic rings. The highest BCUT2D eigenvalue weighted by Crippen LogP contribution is 2.31. The summed E-state index contributed by atoms with van der Waals surface area (Å²) in [4.78, 5) is 30.5. The highest BCUT2D eigenvalue weighted by Gasteiger charge is 2.24. The molecule has 0 radical (unpaired) electrons. The van der Waals surface area contributed by atoms with E-state index < -0.39 is 6.03 Å². The fraction of sp³-hybridized carbons (Fsp3) is 0.310. The van der Waals surface area contributed by atoms with Crippen molar-refractivity contribution in [2.45, 2.75) is 6.42 Å². The first-order valence-corrected chi connectivity index (χ1v) is 13.7. The highest BCUT2D eigenvalue weighted by atomic mass is 79.9. The van der Waals surface area contributed by atoms with Crippen LogP contribution >= 0.6 is 15.9 Å². The van der Waals surface area contributed by atoms with Gasteiger partial charge in [-0.15, -0.1) is 0 Å². The number of halogens is 1. The van der Waals surface area contributed by atoms with E-state index in [2.05, 4.69) is 47.7 Å². The van der Waals surface area contributed by atoms with Gasteiger partial charge in [-0.1, -0.05) is 24.3 Å². The summed E-state index contributed by atoms with van der Waals surface area (Å²) in [6.45, 7) is 4.09. The molecule has 39 heavy (non-hydrogen) atoms. The summed E-state index contributed by atoms with van der Waals surface area (Å²) in [5.74, 6) is 0.654. The molecule has 0 aliphatic carbocycles. The van der Waals surface area contributed by atoms with Crippen LogP contribution in [-0.4, -0.2) is 65.5 Å². The Morgan fingerprint density at radius 2 is 1.56 bits per heavy atom. The lowest BCUT2D eigenvalue weighted by Gasteiger charge is -2.38. The number of urea groups is 1. The third-order valence-electron chi connectivity index (χ3n) is 6.48. The van der Waals surface area contributed by atoms with E-state index in [0.29, 0.717) is 36.5 Å². The summed E-state index contributed by atoms with van der Waals surface area (Å²) >= 11 is 3.44. The predicted molar refractivity (Wildman–Crippen MR) is 159 cm³/mol. The number of anilines is 4. The van der Waals surface area contributed by atoms with Crippen molar-refractivity contribution in [3.05, 3.63) is 76.8 Å². The molecule has 4 rings (SSSR count). The van der Waals surface area contributed by atoms with Crippen molar-refractivity contribution < 1.29 is 19.1 Å². The SMILES string of the molecule is COCCCNC(=O)c1cc(NC(=O)Nc2ccccc2Br)ccc1N1CCN(c2ccccc2OC)CC1. The van der Waals surface area contributed by atoms with Gasteiger partial charge in [-0.3, -0.25) is 4.79 Å². The minimum Gasteiger partial charge on any atom is -0.495 e. The second-order valence-corrected chi connectivity index (χ2v) is 9.89. The molecule has 1 fully saturated rings. The molecule has 0 unspecified atom stereocenters. The standard InChI is InChI=1S/C29H34BrN5O4/c1-38-19-7-14-31-28(36)22-20-21(32-29(37)33-24-9-4-3-8-23(24)30)12-13-25(22)34-15-17-35(18-16-34)26-10-5-6-11-27(26)39-2/h3-6,8-13,20H,7,14-19H2,1-2H3,(H,31,36)(H2,32,33,37). The molecule has 0 saturated carbocycles. The lowest BCUT2D eigenvalue weighted by molar-refractivity contribution is 0.0949. The number of carbonyl (C=O) groups excluding carboxylic acids is 2. The van der Waals surface area contributed by atoms with Crippen LogP contribution in [0, 0.1) is 0 Å². The Morgan fingerprint density at radius 1 is 0.872 bits per heavy atom. The molecule has 1 heterocycles. The van der Waals surface area contributed by atoms with Crippen molar-refractivity contribution in [2.24, 2.45) is 0 Å². The Morgan fingerprint density at radius 3 is 2.28 bits per heavy atom. The number of ether oxygens (including phenoxy) is 2. The number of para-hydroxylation sites is 3. The molecule has 0 atom stereocenters. The van der Waals surface area contributed by atoms with Crippen LogP contribution in [-0.2, 0) is 4.74 Å². The number of nitrogens with zero attached hydrogens (tertiary/aromatic N) is 2. The van der Waals surface area contributed by atoms with E-state index in [1.54, 1.807) is 26.4 Å². The maximum atomic E-state index is 13.3. The monoisotopic (exact) mass is 595 g/mol. The van der Waals surface area contributed by atoms with Crippen LogP contribution in [0.3, 0.4) is 0 Å². The van der Waals surface area contributed by atoms with Crippen molar-refractivity contribution in [1.82, 2.24) is 5.32 Å². The van der Waals surface area contributed by atoms with Crippen molar-refractivity contribution in [2.75, 3.05) is 74.0 Å². The first-order chi connectivity index (χ1) is 19.0. The average molecular weight is 597 g/mol. The zero-order valence-electron chi connectivity index (χ0n) is 22.2. The number of hydrogen-bond acceptors (Lipinski definition) is 6. The van der Waals surface area contributed by atoms with Crippen LogP contribution in [0.15, 0.2) is 71.2 Å². The Kier molecular flexibility index (Phi) is 10.0. The minimum atomic E-state index is -0.397. The van der Waals surface area contributed by atoms with Crippen LogP contribution in [0.1, 0.15) is 16.8 Å². The molecule has 0 aromatic heterocycles. The number of rotatable bonds is 10. The number of benzene rings is 3. The molecular weight excluding hydrogens is 562 g/mol. The number of piperazine rings is 1. The van der Waals surface area contributed by atoms with Gasteiger partial charge in [0.2, 0.25) is 0 Å². The van der Waals surface area contributed by atoms with Gasteiger partial charge in [0.05, 0.1) is 24.0 Å². The third-order valence-corrected chi connectivity index (χ3v) is 7.17. The van der Waals surface area contributed by atoms with Gasteiger partial charge in [0.15, 0.2) is 0 Å². The molecule has 3 aromatic carbocycles. The quantitative estimate of drug-likeness (QED) is 0.279. The number of nitrogens with one attached hydrogen (secondary N) is 3. The smallest absolute Gasteiger partial charge is 0.323 e. The zero-order valence-corrected chi connectivity index (χ0v) is 23.8. The Labute approximate surface area is 237 Å². The van der Waals surface area contributed by atoms with Gasteiger partial charge < -0.3 is 35.2 Å². The van der Waals surface area contributed by atoms with Gasteiger partial charge >= 0.3 is 6.03 Å². The Bertz CT molecular complexity index is 1280. The van der Waals surface area contributed by atoms with Crippen molar-refractivity contribution in [1.29, 1.82) is 0 Å². The van der Waals surface area contributed by atoms with E-state index >= 15 is 0 Å². The largest absolute Gasteiger partial charge is 0.495 e. The molecule has 206 valence electrons. The van der Waals surface area contributed by atoms with Gasteiger partial charge in [0.25, 0.3) is 5.91 Å². The highest BCUT2D eigenvalue weighted by molar-refractivity contribution is 9.10. The van der Waals surface area contributed by atoms with Gasteiger partial charge in [-0.2, -0.15) is 0 Å². The molecule has 0 spiro atoms. The van der Waals surface area contributed by atoms with E-state index in [1.807, 2.05) is 48.5 Å². The third kappa shape index (κ3) is 7.42. The molecule has 10 heteroatoms. The van der Waals surface area contributed by atoms with Crippen LogP contribution in [0.4, 0.5) is 27.5 Å². The molecule has 9 nitrogen and oxygen atoms in total. The van der Waals surface area contributed by atoms with E-state index in [0.717, 1.165) is 47.8 Å². The molecular formula is C29H34BrN5O4. The first-order valence-electron chi connectivity index (χ1n) is 12.9. The molecule has 1 saturated heterocycles. The van der Waals surface area contributed by atoms with Crippen LogP contribution in [0.25, 0.3) is 0 Å². The van der Waals surface area contributed by atoms with Crippen molar-refractivity contribution >= 4 is 50.6 Å². The lowest BCUT2D eigenvalue weighted by Crippen LogP contribution is -2.47. The lowest BCUT2D eigenvalue weighted by atomic mass is 10.1. The maximum absolute atomic E-state index is 13.3. The molecule has 1 aliphatic rings. The Hall–Kier alpha value is -3.76. The van der Waals surface area contributed by atoms with Gasteiger partial charge in [0.1, 0.15) is 5.75 Å². The zero-order chi connectivity index (χ0) is 27.6. The fourth-order valence-electron chi connectivity index (χ4n) is 4.51. The summed E-state index contributed by atoms with van der Waals surface area (Å²) in [7, 11) is 3.32. The van der Waals surface area contributed by atoms with Crippen molar-refractivity contribution in [3.63, 3.8) is 0 Å². The second-order valence-electron chi connectivity index (χ2n) is 9.04. The van der Waals surface area contributed by atoms with E-state index in [-0.39, 0.29) is 5.91 Å². The summed E-state index contributed by atoms with van der Waals surface area (Å²) in [6, 6.07) is 20.4. The van der Waals surface area contributed by atoms with Gasteiger partial charge in [0, 0.05) is 62.3 Å². The maximum Gasteiger partial charge on any atom is 0.323 e. The molecule has 3 amide bonds. The molecule has 0 bridgehead atoms. The second kappa shape index (κ2) is 13.9. The fourth-order valence-corrected chi connectivity index (χ4v) is 4.90. The number of methoxy groups -OCH3 is 2. The summed E-state index contributed by atoms with van der Waals surface area (Å²) in [6.07, 6.45) is 0.710. The molecule has 1 aliphatic heterocycles. The predicted octanol–water partition coefficient (Wildman–Crippen LogP) is 5.19. The van der Waals surface area contributed by atoms with E-state index in [9.17, 15) is 9.59 Å². The number of carbonyl (C=O) groups is 2. The summed E-state index contributed by atoms with van der Waals surface area (Å²) < 4.78 is 11.4. The molecule has 3 N–H and O–H groups in total. The summed E-state index contributed by atoms with van der Waals surface area (Å²) in [5.41, 5.74) is 3.58. The van der Waals surface area contributed by atoms with Crippen LogP contribution in [0.5, 0.6) is 5.75 Å². The minimum absolute atomic E-state index is 0.192.